The molecule has 3 rings (SSSR count). The van der Waals surface area contributed by atoms with E-state index >= 15 is 0 Å². The number of carbonyl (C=O) groups excluding carboxylic acids is 2. The molecule has 0 N–H and O–H groups in total. The number of likely N-dealkylation sites (tertiary alicyclic amines) is 1. The molecule has 7 heteroatoms. The summed E-state index contributed by atoms with van der Waals surface area (Å²) in [6.07, 6.45) is 1.35. The maximum Gasteiger partial charge on any atom is 0.410 e. The second-order valence-corrected chi connectivity index (χ2v) is 7.83. The summed E-state index contributed by atoms with van der Waals surface area (Å²) in [7, 11) is 0. The Labute approximate surface area is 170 Å². The number of benzene rings is 1. The van der Waals surface area contributed by atoms with Crippen LogP contribution in [0, 0.1) is 0 Å². The Hall–Kier alpha value is -3.09. The van der Waals surface area contributed by atoms with Gasteiger partial charge in [-0.1, -0.05) is 6.07 Å². The molecule has 154 valence electrons. The lowest BCUT2D eigenvalue weighted by molar-refractivity contribution is 0.00796. The molecule has 1 aliphatic rings. The van der Waals surface area contributed by atoms with Crippen molar-refractivity contribution in [3.63, 3.8) is 0 Å². The summed E-state index contributed by atoms with van der Waals surface area (Å²) in [6.45, 7) is 8.75. The lowest BCUT2D eigenvalue weighted by Gasteiger charge is -2.40. The van der Waals surface area contributed by atoms with E-state index in [0.29, 0.717) is 36.9 Å². The number of ether oxygens (including phenoxy) is 3. The summed E-state index contributed by atoms with van der Waals surface area (Å²) in [6, 6.07) is 10.5. The quantitative estimate of drug-likeness (QED) is 0.696. The summed E-state index contributed by atoms with van der Waals surface area (Å²) >= 11 is 0. The first-order valence-corrected chi connectivity index (χ1v) is 9.64. The second-order valence-electron chi connectivity index (χ2n) is 7.83. The highest BCUT2D eigenvalue weighted by molar-refractivity contribution is 5.89. The molecule has 0 bridgehead atoms. The molecule has 29 heavy (non-hydrogen) atoms. The Bertz CT molecular complexity index is 868. The van der Waals surface area contributed by atoms with Gasteiger partial charge in [0.1, 0.15) is 11.4 Å². The largest absolute Gasteiger partial charge is 0.462 e. The molecule has 1 amide bonds. The van der Waals surface area contributed by atoms with Crippen molar-refractivity contribution in [1.82, 2.24) is 9.88 Å². The minimum absolute atomic E-state index is 0.130. The predicted octanol–water partition coefficient (Wildman–Crippen LogP) is 4.38. The van der Waals surface area contributed by atoms with Crippen LogP contribution in [-0.4, -0.2) is 47.2 Å². The maximum absolute atomic E-state index is 12.1. The van der Waals surface area contributed by atoms with Gasteiger partial charge in [0, 0.05) is 30.8 Å². The number of nitrogens with zero attached hydrogens (tertiary/aromatic N) is 2. The van der Waals surface area contributed by atoms with Crippen LogP contribution < -0.4 is 4.74 Å². The molecular formula is C22H26N2O5. The van der Waals surface area contributed by atoms with Gasteiger partial charge >= 0.3 is 12.1 Å². The van der Waals surface area contributed by atoms with Crippen LogP contribution in [0.1, 0.15) is 49.5 Å². The van der Waals surface area contributed by atoms with Gasteiger partial charge in [-0.05, 0) is 58.0 Å². The Kier molecular flexibility index (Phi) is 6.06. The lowest BCUT2D eigenvalue weighted by Crippen LogP contribution is -2.50. The van der Waals surface area contributed by atoms with E-state index in [-0.39, 0.29) is 18.0 Å². The Morgan fingerprint density at radius 3 is 2.45 bits per heavy atom. The minimum Gasteiger partial charge on any atom is -0.462 e. The van der Waals surface area contributed by atoms with Crippen molar-refractivity contribution < 1.29 is 23.8 Å². The molecule has 0 atom stereocenters. The normalized spacial score (nSPS) is 14.1. The topological polar surface area (TPSA) is 78.0 Å². The van der Waals surface area contributed by atoms with Crippen LogP contribution in [0.25, 0.3) is 0 Å². The fourth-order valence-electron chi connectivity index (χ4n) is 2.94. The molecule has 2 heterocycles. The summed E-state index contributed by atoms with van der Waals surface area (Å²) in [5, 5.41) is 0. The molecule has 0 saturated carbocycles. The number of aromatic nitrogens is 1. The third-order valence-corrected chi connectivity index (χ3v) is 4.35. The van der Waals surface area contributed by atoms with Gasteiger partial charge in [-0.3, -0.25) is 0 Å². The van der Waals surface area contributed by atoms with Crippen LogP contribution >= 0.6 is 0 Å². The van der Waals surface area contributed by atoms with Gasteiger partial charge in [-0.2, -0.15) is 0 Å². The van der Waals surface area contributed by atoms with Gasteiger partial charge in [0.15, 0.2) is 0 Å². The standard InChI is InChI=1S/C22H26N2O5/c1-5-27-20(25)15-8-10-17(11-9-15)28-19-18(7-6-12-23-19)16-13-24(14-16)21(26)29-22(2,3)4/h6-12,16H,5,13-14H2,1-4H3. The Balaban J connectivity index is 1.65. The SMILES string of the molecule is CCOC(=O)c1ccc(Oc2ncccc2C2CN(C(=O)OC(C)(C)C)C2)cc1. The van der Waals surface area contributed by atoms with Crippen molar-refractivity contribution in [2.75, 3.05) is 19.7 Å². The van der Waals surface area contributed by atoms with E-state index in [2.05, 4.69) is 4.98 Å². The number of hydrogen-bond acceptors (Lipinski definition) is 6. The van der Waals surface area contributed by atoms with Crippen molar-refractivity contribution in [2.45, 2.75) is 39.2 Å². The zero-order valence-corrected chi connectivity index (χ0v) is 17.2. The summed E-state index contributed by atoms with van der Waals surface area (Å²) in [5.41, 5.74) is 0.884. The van der Waals surface area contributed by atoms with Crippen LogP contribution in [0.3, 0.4) is 0 Å². The molecule has 1 aliphatic heterocycles. The number of esters is 1. The number of carbonyl (C=O) groups is 2. The zero-order chi connectivity index (χ0) is 21.0. The molecule has 0 spiro atoms. The van der Waals surface area contributed by atoms with Crippen LogP contribution in [-0.2, 0) is 9.47 Å². The van der Waals surface area contributed by atoms with Crippen molar-refractivity contribution >= 4 is 12.1 Å². The van der Waals surface area contributed by atoms with Crippen LogP contribution in [0.5, 0.6) is 11.6 Å². The van der Waals surface area contributed by atoms with Crippen LogP contribution in [0.2, 0.25) is 0 Å². The Morgan fingerprint density at radius 1 is 1.14 bits per heavy atom. The van der Waals surface area contributed by atoms with E-state index in [1.807, 2.05) is 32.9 Å². The highest BCUT2D eigenvalue weighted by atomic mass is 16.6. The van der Waals surface area contributed by atoms with Gasteiger partial charge in [0.2, 0.25) is 5.88 Å². The first kappa shape index (κ1) is 20.6. The monoisotopic (exact) mass is 398 g/mol. The Morgan fingerprint density at radius 2 is 1.83 bits per heavy atom. The fourth-order valence-corrected chi connectivity index (χ4v) is 2.94. The van der Waals surface area contributed by atoms with Crippen LogP contribution in [0.4, 0.5) is 4.79 Å². The lowest BCUT2D eigenvalue weighted by atomic mass is 9.92. The average molecular weight is 398 g/mol. The maximum atomic E-state index is 12.1. The molecule has 7 nitrogen and oxygen atoms in total. The van der Waals surface area contributed by atoms with Gasteiger partial charge in [0.25, 0.3) is 0 Å². The van der Waals surface area contributed by atoms with Gasteiger partial charge in [-0.25, -0.2) is 14.6 Å². The minimum atomic E-state index is -0.513. The fraction of sp³-hybridized carbons (Fsp3) is 0.409. The van der Waals surface area contributed by atoms with Crippen LogP contribution in [0.15, 0.2) is 42.6 Å². The third kappa shape index (κ3) is 5.25. The summed E-state index contributed by atoms with van der Waals surface area (Å²) in [4.78, 5) is 29.9. The zero-order valence-electron chi connectivity index (χ0n) is 17.2. The number of pyridine rings is 1. The molecule has 2 aromatic rings. The molecule has 1 saturated heterocycles. The number of amides is 1. The average Bonchev–Trinajstić information content (AvgIpc) is 2.61. The van der Waals surface area contributed by atoms with E-state index in [1.165, 1.54) is 0 Å². The number of rotatable bonds is 5. The van der Waals surface area contributed by atoms with Gasteiger partial charge in [-0.15, -0.1) is 0 Å². The third-order valence-electron chi connectivity index (χ3n) is 4.35. The first-order chi connectivity index (χ1) is 13.8. The molecular weight excluding hydrogens is 372 g/mol. The summed E-state index contributed by atoms with van der Waals surface area (Å²) in [5.74, 6) is 0.825. The molecule has 0 unspecified atom stereocenters. The van der Waals surface area contributed by atoms with E-state index in [1.54, 1.807) is 42.3 Å². The molecule has 1 fully saturated rings. The molecule has 0 aliphatic carbocycles. The van der Waals surface area contributed by atoms with Crippen molar-refractivity contribution in [1.29, 1.82) is 0 Å². The molecule has 1 aromatic carbocycles. The van der Waals surface area contributed by atoms with Crippen molar-refractivity contribution in [2.24, 2.45) is 0 Å². The van der Waals surface area contributed by atoms with E-state index in [4.69, 9.17) is 14.2 Å². The van der Waals surface area contributed by atoms with E-state index < -0.39 is 5.60 Å². The molecule has 1 aromatic heterocycles. The second kappa shape index (κ2) is 8.51. The summed E-state index contributed by atoms with van der Waals surface area (Å²) < 4.78 is 16.3. The highest BCUT2D eigenvalue weighted by Gasteiger charge is 2.36. The van der Waals surface area contributed by atoms with Crippen molar-refractivity contribution in [3.8, 4) is 11.6 Å². The van der Waals surface area contributed by atoms with Gasteiger partial charge in [0.05, 0.1) is 12.2 Å². The smallest absolute Gasteiger partial charge is 0.410 e. The molecule has 0 radical (unpaired) electrons. The van der Waals surface area contributed by atoms with Crippen molar-refractivity contribution in [3.05, 3.63) is 53.7 Å². The highest BCUT2D eigenvalue weighted by Crippen LogP contribution is 2.35. The van der Waals surface area contributed by atoms with E-state index in [9.17, 15) is 9.59 Å². The first-order valence-electron chi connectivity index (χ1n) is 9.64. The van der Waals surface area contributed by atoms with E-state index in [0.717, 1.165) is 5.56 Å². The van der Waals surface area contributed by atoms with Gasteiger partial charge < -0.3 is 19.1 Å². The number of hydrogen-bond donors (Lipinski definition) is 0. The predicted molar refractivity (Wildman–Crippen MR) is 107 cm³/mol.